The summed E-state index contributed by atoms with van der Waals surface area (Å²) in [5.41, 5.74) is 2.92. The molecule has 0 unspecified atom stereocenters. The van der Waals surface area contributed by atoms with Crippen LogP contribution in [0.5, 0.6) is 0 Å². The van der Waals surface area contributed by atoms with E-state index in [-0.39, 0.29) is 16.7 Å². The summed E-state index contributed by atoms with van der Waals surface area (Å²) in [6.45, 7) is 7.02. The van der Waals surface area contributed by atoms with Gasteiger partial charge < -0.3 is 9.30 Å². The summed E-state index contributed by atoms with van der Waals surface area (Å²) >= 11 is 0. The zero-order valence-corrected chi connectivity index (χ0v) is 17.4. The van der Waals surface area contributed by atoms with Gasteiger partial charge in [-0.1, -0.05) is 6.07 Å². The third kappa shape index (κ3) is 4.65. The number of rotatable bonds is 7. The van der Waals surface area contributed by atoms with Crippen LogP contribution < -0.4 is 4.83 Å². The van der Waals surface area contributed by atoms with Crippen molar-refractivity contribution in [1.29, 1.82) is 0 Å². The molecule has 0 amide bonds. The Morgan fingerprint density at radius 3 is 2.76 bits per heavy atom. The number of hydrazone groups is 1. The number of aryl methyl sites for hydroxylation is 2. The molecular formula is C19H24N4O5S. The van der Waals surface area contributed by atoms with E-state index in [1.54, 1.807) is 6.92 Å². The number of hydrogen-bond acceptors (Lipinski definition) is 6. The fourth-order valence-corrected chi connectivity index (χ4v) is 4.21. The second-order valence-corrected chi connectivity index (χ2v) is 8.79. The SMILES string of the molecule is Cc1ccc(S(=O)(=O)N/N=C\c2cc(C)n(C[C@@H]3CCCO3)c2C)cc1[N+](=O)[O-]. The fourth-order valence-electron chi connectivity index (χ4n) is 3.40. The maximum atomic E-state index is 12.4. The number of nitro groups is 1. The smallest absolute Gasteiger partial charge is 0.276 e. The maximum Gasteiger partial charge on any atom is 0.276 e. The van der Waals surface area contributed by atoms with Crippen LogP contribution in [0, 0.1) is 30.9 Å². The zero-order chi connectivity index (χ0) is 21.2. The van der Waals surface area contributed by atoms with Crippen LogP contribution in [-0.2, 0) is 21.3 Å². The highest BCUT2D eigenvalue weighted by molar-refractivity contribution is 7.89. The van der Waals surface area contributed by atoms with Gasteiger partial charge in [-0.15, -0.1) is 0 Å². The van der Waals surface area contributed by atoms with Gasteiger partial charge in [0.2, 0.25) is 0 Å². The lowest BCUT2D eigenvalue weighted by molar-refractivity contribution is -0.385. The standard InChI is InChI=1S/C19H24N4O5S/c1-13-6-7-18(10-19(13)23(24)25)29(26,27)21-20-11-16-9-14(2)22(15(16)3)12-17-5-4-8-28-17/h6-7,9-11,17,21H,4-5,8,12H2,1-3H3/b20-11-/t17-/m0/s1. The van der Waals surface area contributed by atoms with E-state index < -0.39 is 14.9 Å². The molecule has 2 heterocycles. The van der Waals surface area contributed by atoms with Gasteiger partial charge in [0.05, 0.1) is 22.1 Å². The molecule has 3 rings (SSSR count). The highest BCUT2D eigenvalue weighted by Gasteiger charge is 2.20. The van der Waals surface area contributed by atoms with Crippen LogP contribution in [0.4, 0.5) is 5.69 Å². The molecule has 0 bridgehead atoms. The molecule has 1 aromatic heterocycles. The average molecular weight is 420 g/mol. The lowest BCUT2D eigenvalue weighted by Crippen LogP contribution is -2.19. The van der Waals surface area contributed by atoms with Crippen molar-refractivity contribution in [2.45, 2.75) is 51.2 Å². The normalized spacial score (nSPS) is 17.1. The summed E-state index contributed by atoms with van der Waals surface area (Å²) in [4.78, 5) is 12.3. The highest BCUT2D eigenvalue weighted by Crippen LogP contribution is 2.22. The van der Waals surface area contributed by atoms with E-state index in [4.69, 9.17) is 4.74 Å². The largest absolute Gasteiger partial charge is 0.376 e. The number of sulfonamides is 1. The zero-order valence-electron chi connectivity index (χ0n) is 16.6. The van der Waals surface area contributed by atoms with E-state index in [0.717, 1.165) is 49.0 Å². The molecule has 0 radical (unpaired) electrons. The Hall–Kier alpha value is -2.72. The Labute approximate surface area is 169 Å². The van der Waals surface area contributed by atoms with Gasteiger partial charge in [-0.3, -0.25) is 10.1 Å². The van der Waals surface area contributed by atoms with E-state index in [1.807, 2.05) is 19.9 Å². The van der Waals surface area contributed by atoms with Crippen molar-refractivity contribution in [3.05, 3.63) is 56.9 Å². The summed E-state index contributed by atoms with van der Waals surface area (Å²) < 4.78 is 32.7. The molecule has 2 aromatic rings. The van der Waals surface area contributed by atoms with Crippen LogP contribution in [0.25, 0.3) is 0 Å². The van der Waals surface area contributed by atoms with Crippen molar-refractivity contribution in [2.75, 3.05) is 6.61 Å². The second-order valence-electron chi connectivity index (χ2n) is 7.13. The Kier molecular flexibility index (Phi) is 6.04. The predicted molar refractivity (Wildman–Crippen MR) is 109 cm³/mol. The van der Waals surface area contributed by atoms with Crippen LogP contribution in [0.2, 0.25) is 0 Å². The van der Waals surface area contributed by atoms with Crippen molar-refractivity contribution in [2.24, 2.45) is 5.10 Å². The molecule has 10 heteroatoms. The molecular weight excluding hydrogens is 396 g/mol. The second kappa shape index (κ2) is 8.34. The summed E-state index contributed by atoms with van der Waals surface area (Å²) in [5, 5.41) is 14.9. The molecule has 29 heavy (non-hydrogen) atoms. The van der Waals surface area contributed by atoms with Gasteiger partial charge in [-0.05, 0) is 45.7 Å². The number of nitrogens with one attached hydrogen (secondary N) is 1. The van der Waals surface area contributed by atoms with Gasteiger partial charge in [0.25, 0.3) is 15.7 Å². The Morgan fingerprint density at radius 2 is 2.10 bits per heavy atom. The van der Waals surface area contributed by atoms with Gasteiger partial charge in [-0.2, -0.15) is 13.5 Å². The van der Waals surface area contributed by atoms with Crippen molar-refractivity contribution in [1.82, 2.24) is 9.40 Å². The maximum absolute atomic E-state index is 12.4. The Balaban J connectivity index is 1.75. The number of ether oxygens (including phenoxy) is 1. The summed E-state index contributed by atoms with van der Waals surface area (Å²) in [6, 6.07) is 5.67. The molecule has 0 aliphatic carbocycles. The van der Waals surface area contributed by atoms with E-state index in [1.165, 1.54) is 18.3 Å². The molecule has 1 saturated heterocycles. The fraction of sp³-hybridized carbons (Fsp3) is 0.421. The number of hydrogen-bond donors (Lipinski definition) is 1. The lowest BCUT2D eigenvalue weighted by Gasteiger charge is -2.14. The molecule has 1 N–H and O–H groups in total. The third-order valence-electron chi connectivity index (χ3n) is 5.09. The monoisotopic (exact) mass is 420 g/mol. The molecule has 1 aliphatic heterocycles. The predicted octanol–water partition coefficient (Wildman–Crippen LogP) is 2.81. The van der Waals surface area contributed by atoms with E-state index in [9.17, 15) is 18.5 Å². The topological polar surface area (TPSA) is 116 Å². The summed E-state index contributed by atoms with van der Waals surface area (Å²) in [7, 11) is -4.02. The summed E-state index contributed by atoms with van der Waals surface area (Å²) in [5.74, 6) is 0. The van der Waals surface area contributed by atoms with Gasteiger partial charge in [-0.25, -0.2) is 4.83 Å². The average Bonchev–Trinajstić information content (AvgIpc) is 3.26. The molecule has 1 aromatic carbocycles. The van der Waals surface area contributed by atoms with Gasteiger partial charge in [0, 0.05) is 41.7 Å². The molecule has 9 nitrogen and oxygen atoms in total. The number of aromatic nitrogens is 1. The van der Waals surface area contributed by atoms with E-state index in [2.05, 4.69) is 14.5 Å². The molecule has 156 valence electrons. The third-order valence-corrected chi connectivity index (χ3v) is 6.31. The van der Waals surface area contributed by atoms with Crippen molar-refractivity contribution < 1.29 is 18.1 Å². The van der Waals surface area contributed by atoms with Gasteiger partial charge in [0.1, 0.15) is 0 Å². The first-order chi connectivity index (χ1) is 13.7. The molecule has 1 fully saturated rings. The van der Waals surface area contributed by atoms with Gasteiger partial charge >= 0.3 is 0 Å². The number of nitro benzene ring substituents is 1. The molecule has 1 atom stereocenters. The highest BCUT2D eigenvalue weighted by atomic mass is 32.2. The number of benzene rings is 1. The Bertz CT molecular complexity index is 1050. The first kappa shape index (κ1) is 21.0. The number of nitrogens with zero attached hydrogens (tertiary/aromatic N) is 3. The minimum atomic E-state index is -4.02. The summed E-state index contributed by atoms with van der Waals surface area (Å²) in [6.07, 6.45) is 3.73. The molecule has 0 saturated carbocycles. The van der Waals surface area contributed by atoms with Crippen molar-refractivity contribution in [3.8, 4) is 0 Å². The Morgan fingerprint density at radius 1 is 1.34 bits per heavy atom. The first-order valence-electron chi connectivity index (χ1n) is 9.27. The lowest BCUT2D eigenvalue weighted by atomic mass is 10.2. The molecule has 1 aliphatic rings. The van der Waals surface area contributed by atoms with Crippen LogP contribution in [0.1, 0.15) is 35.4 Å². The van der Waals surface area contributed by atoms with Gasteiger partial charge in [0.15, 0.2) is 0 Å². The minimum absolute atomic E-state index is 0.195. The van der Waals surface area contributed by atoms with Crippen LogP contribution >= 0.6 is 0 Å². The molecule has 0 spiro atoms. The van der Waals surface area contributed by atoms with Crippen molar-refractivity contribution in [3.63, 3.8) is 0 Å². The quantitative estimate of drug-likeness (QED) is 0.420. The van der Waals surface area contributed by atoms with Crippen LogP contribution in [0.15, 0.2) is 34.3 Å². The minimum Gasteiger partial charge on any atom is -0.376 e. The van der Waals surface area contributed by atoms with E-state index >= 15 is 0 Å². The van der Waals surface area contributed by atoms with Crippen LogP contribution in [-0.4, -0.2) is 36.8 Å². The van der Waals surface area contributed by atoms with Crippen LogP contribution in [0.3, 0.4) is 0 Å². The van der Waals surface area contributed by atoms with E-state index in [0.29, 0.717) is 5.56 Å². The first-order valence-corrected chi connectivity index (χ1v) is 10.8. The van der Waals surface area contributed by atoms with Crippen molar-refractivity contribution >= 4 is 21.9 Å².